The molecule has 2 aliphatic rings. The Balaban J connectivity index is 0.00000225. The molecule has 4 N–H and O–H groups in total. The van der Waals surface area contributed by atoms with Gasteiger partial charge in [-0.05, 0) is 49.9 Å². The van der Waals surface area contributed by atoms with Crippen molar-refractivity contribution in [1.29, 1.82) is 0 Å². The quantitative estimate of drug-likeness (QED) is 0.762. The van der Waals surface area contributed by atoms with Crippen LogP contribution in [0.15, 0.2) is 18.2 Å². The van der Waals surface area contributed by atoms with Crippen molar-refractivity contribution in [2.45, 2.75) is 51.6 Å². The monoisotopic (exact) mass is 367 g/mol. The highest BCUT2D eigenvalue weighted by Crippen LogP contribution is 2.39. The van der Waals surface area contributed by atoms with Gasteiger partial charge in [0.15, 0.2) is 6.10 Å². The molecule has 1 fully saturated rings. The van der Waals surface area contributed by atoms with Gasteiger partial charge < -0.3 is 21.1 Å². The van der Waals surface area contributed by atoms with Crippen molar-refractivity contribution in [2.24, 2.45) is 11.1 Å². The Morgan fingerprint density at radius 3 is 2.76 bits per heavy atom. The van der Waals surface area contributed by atoms with Gasteiger partial charge >= 0.3 is 0 Å². The molecule has 1 aliphatic heterocycles. The van der Waals surface area contributed by atoms with Crippen LogP contribution in [0.25, 0.3) is 0 Å². The highest BCUT2D eigenvalue weighted by Gasteiger charge is 2.33. The Bertz CT molecular complexity index is 644. The number of carbonyl (C=O) groups excluding carboxylic acids is 2. The Hall–Kier alpha value is -1.79. The molecule has 0 radical (unpaired) electrons. The van der Waals surface area contributed by atoms with E-state index >= 15 is 0 Å². The lowest BCUT2D eigenvalue weighted by molar-refractivity contribution is -0.122. The molecule has 1 aliphatic carbocycles. The molecule has 6 nitrogen and oxygen atoms in total. The first-order valence-electron chi connectivity index (χ1n) is 8.63. The summed E-state index contributed by atoms with van der Waals surface area (Å²) in [5.41, 5.74) is 7.13. The van der Waals surface area contributed by atoms with Crippen LogP contribution in [0.4, 0.5) is 11.4 Å². The van der Waals surface area contributed by atoms with Crippen molar-refractivity contribution >= 4 is 35.6 Å². The van der Waals surface area contributed by atoms with Crippen molar-refractivity contribution in [1.82, 2.24) is 0 Å². The third-order valence-electron chi connectivity index (χ3n) is 5.08. The average Bonchev–Trinajstić information content (AvgIpc) is 2.57. The van der Waals surface area contributed by atoms with E-state index in [0.29, 0.717) is 30.1 Å². The topological polar surface area (TPSA) is 93.4 Å². The minimum atomic E-state index is -0.506. The summed E-state index contributed by atoms with van der Waals surface area (Å²) in [6.07, 6.45) is 5.49. The molecule has 1 aromatic carbocycles. The average molecular weight is 368 g/mol. The molecular formula is C18H26ClN3O3. The standard InChI is InChI=1S/C18H25N3O3.ClH/c1-12-17(23)21-14-9-13(5-6-15(14)24-12)20-16(22)10-18(11-19)7-3-2-4-8-18;/h5-6,9,12H,2-4,7-8,10-11,19H2,1H3,(H,20,22)(H,21,23);1H. The molecule has 0 bridgehead atoms. The molecule has 3 rings (SSSR count). The van der Waals surface area contributed by atoms with Crippen LogP contribution >= 0.6 is 12.4 Å². The van der Waals surface area contributed by atoms with Crippen molar-refractivity contribution in [3.05, 3.63) is 18.2 Å². The highest BCUT2D eigenvalue weighted by atomic mass is 35.5. The minimum Gasteiger partial charge on any atom is -0.479 e. The number of hydrogen-bond acceptors (Lipinski definition) is 4. The first kappa shape index (κ1) is 19.5. The lowest BCUT2D eigenvalue weighted by atomic mass is 9.71. The van der Waals surface area contributed by atoms with Gasteiger partial charge in [0, 0.05) is 12.1 Å². The van der Waals surface area contributed by atoms with Gasteiger partial charge in [0.25, 0.3) is 5.91 Å². The number of nitrogens with one attached hydrogen (secondary N) is 2. The molecule has 0 spiro atoms. The fraction of sp³-hybridized carbons (Fsp3) is 0.556. The zero-order chi connectivity index (χ0) is 17.2. The second kappa shape index (κ2) is 8.06. The Morgan fingerprint density at radius 1 is 1.36 bits per heavy atom. The number of amides is 2. The van der Waals surface area contributed by atoms with E-state index in [1.54, 1.807) is 25.1 Å². The first-order chi connectivity index (χ1) is 11.5. The zero-order valence-corrected chi connectivity index (χ0v) is 15.3. The van der Waals surface area contributed by atoms with Gasteiger partial charge in [-0.1, -0.05) is 19.3 Å². The van der Waals surface area contributed by atoms with Crippen LogP contribution < -0.4 is 21.1 Å². The molecule has 1 aromatic rings. The molecule has 0 saturated heterocycles. The van der Waals surface area contributed by atoms with Crippen LogP contribution in [0.5, 0.6) is 5.75 Å². The number of halogens is 1. The van der Waals surface area contributed by atoms with Crippen LogP contribution in [0, 0.1) is 5.41 Å². The fourth-order valence-corrected chi connectivity index (χ4v) is 3.59. The Kier molecular flexibility index (Phi) is 6.30. The van der Waals surface area contributed by atoms with Gasteiger partial charge in [-0.3, -0.25) is 9.59 Å². The highest BCUT2D eigenvalue weighted by molar-refractivity contribution is 5.99. The second-order valence-electron chi connectivity index (χ2n) is 6.95. The van der Waals surface area contributed by atoms with Crippen molar-refractivity contribution in [3.8, 4) is 5.75 Å². The normalized spacial score (nSPS) is 21.2. The van der Waals surface area contributed by atoms with E-state index in [0.717, 1.165) is 25.7 Å². The number of hydrogen-bond donors (Lipinski definition) is 3. The van der Waals surface area contributed by atoms with Crippen LogP contribution in [0.3, 0.4) is 0 Å². The van der Waals surface area contributed by atoms with Gasteiger partial charge in [0.05, 0.1) is 5.69 Å². The minimum absolute atomic E-state index is 0. The van der Waals surface area contributed by atoms with Crippen LogP contribution in [0.2, 0.25) is 0 Å². The smallest absolute Gasteiger partial charge is 0.265 e. The molecule has 138 valence electrons. The van der Waals surface area contributed by atoms with Gasteiger partial charge in [-0.15, -0.1) is 12.4 Å². The summed E-state index contributed by atoms with van der Waals surface area (Å²) in [5.74, 6) is 0.403. The maximum atomic E-state index is 12.4. The number of ether oxygens (including phenoxy) is 1. The van der Waals surface area contributed by atoms with E-state index in [9.17, 15) is 9.59 Å². The zero-order valence-electron chi connectivity index (χ0n) is 14.5. The predicted molar refractivity (Wildman–Crippen MR) is 100 cm³/mol. The number of anilines is 2. The molecule has 1 unspecified atom stereocenters. The van der Waals surface area contributed by atoms with Gasteiger partial charge in [-0.25, -0.2) is 0 Å². The summed E-state index contributed by atoms with van der Waals surface area (Å²) >= 11 is 0. The van der Waals surface area contributed by atoms with E-state index < -0.39 is 6.10 Å². The number of nitrogens with two attached hydrogens (primary N) is 1. The largest absolute Gasteiger partial charge is 0.479 e. The Morgan fingerprint density at radius 2 is 2.08 bits per heavy atom. The lowest BCUT2D eigenvalue weighted by Gasteiger charge is -2.35. The maximum Gasteiger partial charge on any atom is 0.265 e. The number of benzene rings is 1. The van der Waals surface area contributed by atoms with E-state index in [1.807, 2.05) is 0 Å². The number of carbonyl (C=O) groups is 2. The summed E-state index contributed by atoms with van der Waals surface area (Å²) < 4.78 is 5.52. The summed E-state index contributed by atoms with van der Waals surface area (Å²) in [6.45, 7) is 2.25. The van der Waals surface area contributed by atoms with Crippen molar-refractivity contribution < 1.29 is 14.3 Å². The van der Waals surface area contributed by atoms with Crippen molar-refractivity contribution in [3.63, 3.8) is 0 Å². The van der Waals surface area contributed by atoms with Crippen molar-refractivity contribution in [2.75, 3.05) is 17.2 Å². The third-order valence-corrected chi connectivity index (χ3v) is 5.08. The molecule has 7 heteroatoms. The van der Waals surface area contributed by atoms with Gasteiger partial charge in [0.1, 0.15) is 5.75 Å². The Labute approximate surface area is 154 Å². The van der Waals surface area contributed by atoms with Gasteiger partial charge in [-0.2, -0.15) is 0 Å². The maximum absolute atomic E-state index is 12.4. The van der Waals surface area contributed by atoms with E-state index in [4.69, 9.17) is 10.5 Å². The van der Waals surface area contributed by atoms with Gasteiger partial charge in [0.2, 0.25) is 5.91 Å². The summed E-state index contributed by atoms with van der Waals surface area (Å²) in [6, 6.07) is 5.28. The molecule has 1 atom stereocenters. The predicted octanol–water partition coefficient (Wildman–Crippen LogP) is 3.07. The molecule has 2 amide bonds. The summed E-state index contributed by atoms with van der Waals surface area (Å²) in [7, 11) is 0. The summed E-state index contributed by atoms with van der Waals surface area (Å²) in [4.78, 5) is 24.1. The van der Waals surface area contributed by atoms with E-state index in [-0.39, 0.29) is 29.6 Å². The van der Waals surface area contributed by atoms with Crippen LogP contribution in [-0.2, 0) is 9.59 Å². The van der Waals surface area contributed by atoms with E-state index in [1.165, 1.54) is 6.42 Å². The molecule has 1 heterocycles. The molecule has 25 heavy (non-hydrogen) atoms. The first-order valence-corrected chi connectivity index (χ1v) is 8.63. The molecule has 0 aromatic heterocycles. The number of fused-ring (bicyclic) bond motifs is 1. The summed E-state index contributed by atoms with van der Waals surface area (Å²) in [5, 5.41) is 5.71. The molecular weight excluding hydrogens is 342 g/mol. The SMILES string of the molecule is CC1Oc2ccc(NC(=O)CC3(CN)CCCCC3)cc2NC1=O.Cl. The number of rotatable bonds is 4. The fourth-order valence-electron chi connectivity index (χ4n) is 3.59. The van der Waals surface area contributed by atoms with E-state index in [2.05, 4.69) is 10.6 Å². The second-order valence-corrected chi connectivity index (χ2v) is 6.95. The van der Waals surface area contributed by atoms with Crippen LogP contribution in [0.1, 0.15) is 45.4 Å². The third kappa shape index (κ3) is 4.44. The molecule has 1 saturated carbocycles. The lowest BCUT2D eigenvalue weighted by Crippen LogP contribution is -2.36. The van der Waals surface area contributed by atoms with Crippen LogP contribution in [-0.4, -0.2) is 24.5 Å².